The zero-order chi connectivity index (χ0) is 19.7. The molecule has 144 valence electrons. The van der Waals surface area contributed by atoms with Crippen molar-refractivity contribution in [3.8, 4) is 0 Å². The third-order valence-corrected chi connectivity index (χ3v) is 5.25. The molecule has 1 atom stereocenters. The molecule has 1 aromatic heterocycles. The van der Waals surface area contributed by atoms with Crippen molar-refractivity contribution in [2.45, 2.75) is 38.6 Å². The van der Waals surface area contributed by atoms with E-state index in [0.717, 1.165) is 30.3 Å². The monoisotopic (exact) mass is 379 g/mol. The topological polar surface area (TPSA) is 69.2 Å². The molecule has 0 bridgehead atoms. The molecule has 0 saturated heterocycles. The SMILES string of the molecule is CCCCCC1=C(O)C(=O)N(c2ccc3nc[nH]c3c2)C1c1ccccc1F. The summed E-state index contributed by atoms with van der Waals surface area (Å²) < 4.78 is 14.7. The fourth-order valence-electron chi connectivity index (χ4n) is 3.84. The number of carbonyl (C=O) groups is 1. The average Bonchev–Trinajstić information content (AvgIpc) is 3.26. The number of hydrogen-bond donors (Lipinski definition) is 2. The summed E-state index contributed by atoms with van der Waals surface area (Å²) in [6.07, 6.45) is 4.97. The Balaban J connectivity index is 1.81. The molecule has 1 aliphatic rings. The van der Waals surface area contributed by atoms with E-state index < -0.39 is 17.8 Å². The van der Waals surface area contributed by atoms with Crippen LogP contribution in [-0.4, -0.2) is 21.0 Å². The van der Waals surface area contributed by atoms with E-state index in [0.29, 0.717) is 23.2 Å². The Hall–Kier alpha value is -3.15. The molecule has 0 aliphatic carbocycles. The maximum absolute atomic E-state index is 14.7. The van der Waals surface area contributed by atoms with Crippen molar-refractivity contribution >= 4 is 22.6 Å². The Morgan fingerprint density at radius 2 is 2.04 bits per heavy atom. The van der Waals surface area contributed by atoms with Gasteiger partial charge in [0.25, 0.3) is 5.91 Å². The number of imidazole rings is 1. The van der Waals surface area contributed by atoms with Crippen molar-refractivity contribution < 1.29 is 14.3 Å². The summed E-state index contributed by atoms with van der Waals surface area (Å²) in [6, 6.07) is 11.1. The van der Waals surface area contributed by atoms with E-state index in [1.807, 2.05) is 0 Å². The minimum atomic E-state index is -0.661. The Morgan fingerprint density at radius 1 is 1.21 bits per heavy atom. The number of benzene rings is 2. The Kier molecular flexibility index (Phi) is 4.86. The van der Waals surface area contributed by atoms with Crippen molar-refractivity contribution in [2.24, 2.45) is 0 Å². The summed E-state index contributed by atoms with van der Waals surface area (Å²) in [5.74, 6) is -1.16. The van der Waals surface area contributed by atoms with Gasteiger partial charge in [-0.1, -0.05) is 38.0 Å². The number of aromatic nitrogens is 2. The molecular weight excluding hydrogens is 357 g/mol. The number of amides is 1. The number of aromatic amines is 1. The number of fused-ring (bicyclic) bond motifs is 1. The van der Waals surface area contributed by atoms with Crippen LogP contribution in [0.2, 0.25) is 0 Å². The minimum Gasteiger partial charge on any atom is -0.503 e. The smallest absolute Gasteiger partial charge is 0.293 e. The zero-order valence-corrected chi connectivity index (χ0v) is 15.7. The van der Waals surface area contributed by atoms with Gasteiger partial charge in [-0.15, -0.1) is 0 Å². The third-order valence-electron chi connectivity index (χ3n) is 5.25. The Labute approximate surface area is 162 Å². The molecule has 1 amide bonds. The molecule has 4 rings (SSSR count). The first-order chi connectivity index (χ1) is 13.6. The van der Waals surface area contributed by atoms with Gasteiger partial charge >= 0.3 is 0 Å². The lowest BCUT2D eigenvalue weighted by atomic mass is 9.94. The number of aliphatic hydroxyl groups excluding tert-OH is 1. The molecule has 0 fully saturated rings. The van der Waals surface area contributed by atoms with Crippen molar-refractivity contribution in [3.05, 3.63) is 71.5 Å². The highest BCUT2D eigenvalue weighted by Gasteiger charge is 2.42. The van der Waals surface area contributed by atoms with E-state index in [1.165, 1.54) is 11.0 Å². The Bertz CT molecular complexity index is 1060. The number of nitrogens with one attached hydrogen (secondary N) is 1. The molecule has 2 aromatic carbocycles. The highest BCUT2D eigenvalue weighted by Crippen LogP contribution is 2.43. The number of rotatable bonds is 6. The summed E-state index contributed by atoms with van der Waals surface area (Å²) in [7, 11) is 0. The van der Waals surface area contributed by atoms with Gasteiger partial charge in [0.05, 0.1) is 23.4 Å². The van der Waals surface area contributed by atoms with Gasteiger partial charge in [0.1, 0.15) is 5.82 Å². The van der Waals surface area contributed by atoms with Crippen LogP contribution in [0.1, 0.15) is 44.2 Å². The molecule has 2 heterocycles. The van der Waals surface area contributed by atoms with Gasteiger partial charge in [0, 0.05) is 16.8 Å². The summed E-state index contributed by atoms with van der Waals surface area (Å²) in [4.78, 5) is 21.7. The molecular formula is C22H22FN3O2. The van der Waals surface area contributed by atoms with E-state index in [9.17, 15) is 14.3 Å². The number of carbonyl (C=O) groups excluding carboxylic acids is 1. The standard InChI is InChI=1S/C22H22FN3O2/c1-2-3-4-8-16-20(15-7-5-6-9-17(15)23)26(22(28)21(16)27)14-10-11-18-19(12-14)25-13-24-18/h5-7,9-13,20,27H,2-4,8H2,1H3,(H,24,25). The molecule has 0 spiro atoms. The van der Waals surface area contributed by atoms with E-state index in [4.69, 9.17) is 0 Å². The van der Waals surface area contributed by atoms with E-state index in [1.54, 1.807) is 42.7 Å². The lowest BCUT2D eigenvalue weighted by Gasteiger charge is -2.27. The predicted octanol–water partition coefficient (Wildman–Crippen LogP) is 5.18. The average molecular weight is 379 g/mol. The van der Waals surface area contributed by atoms with Gasteiger partial charge in [0.15, 0.2) is 5.76 Å². The number of hydrogen-bond acceptors (Lipinski definition) is 3. The number of anilines is 1. The van der Waals surface area contributed by atoms with Crippen LogP contribution in [0.4, 0.5) is 10.1 Å². The number of halogens is 1. The highest BCUT2D eigenvalue weighted by molar-refractivity contribution is 6.09. The van der Waals surface area contributed by atoms with Crippen molar-refractivity contribution in [1.82, 2.24) is 9.97 Å². The van der Waals surface area contributed by atoms with Gasteiger partial charge in [-0.25, -0.2) is 9.37 Å². The third kappa shape index (κ3) is 3.05. The minimum absolute atomic E-state index is 0.269. The second-order valence-corrected chi connectivity index (χ2v) is 7.03. The van der Waals surface area contributed by atoms with Crippen molar-refractivity contribution in [3.63, 3.8) is 0 Å². The first kappa shape index (κ1) is 18.2. The van der Waals surface area contributed by atoms with Crippen LogP contribution in [0.3, 0.4) is 0 Å². The van der Waals surface area contributed by atoms with Gasteiger partial charge in [-0.3, -0.25) is 9.69 Å². The molecule has 1 aliphatic heterocycles. The zero-order valence-electron chi connectivity index (χ0n) is 15.7. The molecule has 3 aromatic rings. The molecule has 28 heavy (non-hydrogen) atoms. The largest absolute Gasteiger partial charge is 0.503 e. The number of nitrogens with zero attached hydrogens (tertiary/aromatic N) is 2. The van der Waals surface area contributed by atoms with Crippen LogP contribution >= 0.6 is 0 Å². The second-order valence-electron chi connectivity index (χ2n) is 7.03. The maximum atomic E-state index is 14.7. The quantitative estimate of drug-likeness (QED) is 0.580. The summed E-state index contributed by atoms with van der Waals surface area (Å²) in [5, 5.41) is 10.6. The van der Waals surface area contributed by atoms with Crippen LogP contribution in [0.15, 0.2) is 60.1 Å². The van der Waals surface area contributed by atoms with Crippen molar-refractivity contribution in [1.29, 1.82) is 0 Å². The van der Waals surface area contributed by atoms with E-state index in [-0.39, 0.29) is 5.76 Å². The van der Waals surface area contributed by atoms with Gasteiger partial charge in [-0.2, -0.15) is 0 Å². The first-order valence-corrected chi connectivity index (χ1v) is 9.55. The molecule has 5 nitrogen and oxygen atoms in total. The Morgan fingerprint density at radius 3 is 2.82 bits per heavy atom. The maximum Gasteiger partial charge on any atom is 0.293 e. The van der Waals surface area contributed by atoms with Crippen LogP contribution in [0, 0.1) is 5.82 Å². The van der Waals surface area contributed by atoms with Gasteiger partial charge in [-0.05, 0) is 37.1 Å². The second kappa shape index (κ2) is 7.46. The van der Waals surface area contributed by atoms with E-state index >= 15 is 0 Å². The highest BCUT2D eigenvalue weighted by atomic mass is 19.1. The normalized spacial score (nSPS) is 17.1. The fourth-order valence-corrected chi connectivity index (χ4v) is 3.84. The van der Waals surface area contributed by atoms with Gasteiger partial charge < -0.3 is 10.1 Å². The summed E-state index contributed by atoms with van der Waals surface area (Å²) in [6.45, 7) is 2.09. The van der Waals surface area contributed by atoms with Crippen molar-refractivity contribution in [2.75, 3.05) is 4.90 Å². The first-order valence-electron chi connectivity index (χ1n) is 9.55. The molecule has 1 unspecified atom stereocenters. The number of unbranched alkanes of at least 4 members (excludes halogenated alkanes) is 2. The molecule has 0 saturated carbocycles. The van der Waals surface area contributed by atoms with Crippen LogP contribution in [-0.2, 0) is 4.79 Å². The van der Waals surface area contributed by atoms with E-state index in [2.05, 4.69) is 16.9 Å². The lowest BCUT2D eigenvalue weighted by Crippen LogP contribution is -2.30. The van der Waals surface area contributed by atoms with Crippen LogP contribution in [0.5, 0.6) is 0 Å². The van der Waals surface area contributed by atoms with Gasteiger partial charge in [0.2, 0.25) is 0 Å². The van der Waals surface area contributed by atoms with Crippen LogP contribution < -0.4 is 4.90 Å². The van der Waals surface area contributed by atoms with Crippen LogP contribution in [0.25, 0.3) is 11.0 Å². The fraction of sp³-hybridized carbons (Fsp3) is 0.273. The summed E-state index contributed by atoms with van der Waals surface area (Å²) >= 11 is 0. The number of aliphatic hydroxyl groups is 1. The molecule has 6 heteroatoms. The molecule has 0 radical (unpaired) electrons. The number of H-pyrrole nitrogens is 1. The molecule has 2 N–H and O–H groups in total. The summed E-state index contributed by atoms with van der Waals surface area (Å²) in [5.41, 5.74) is 3.10. The lowest BCUT2D eigenvalue weighted by molar-refractivity contribution is -0.117. The predicted molar refractivity (Wildman–Crippen MR) is 107 cm³/mol.